The number of benzene rings is 2. The molecule has 0 radical (unpaired) electrons. The van der Waals surface area contributed by atoms with Crippen molar-refractivity contribution >= 4 is 27.9 Å². The van der Waals surface area contributed by atoms with Gasteiger partial charge in [0.1, 0.15) is 18.1 Å². The van der Waals surface area contributed by atoms with E-state index in [1.807, 2.05) is 61.7 Å². The van der Waals surface area contributed by atoms with Crippen LogP contribution in [-0.4, -0.2) is 21.4 Å². The molecule has 2 aromatic heterocycles. The molecule has 0 fully saturated rings. The molecule has 1 N–H and O–H groups in total. The van der Waals surface area contributed by atoms with Gasteiger partial charge in [0.25, 0.3) is 11.5 Å². The van der Waals surface area contributed by atoms with Crippen molar-refractivity contribution in [1.82, 2.24) is 9.38 Å². The number of amides is 1. The van der Waals surface area contributed by atoms with Gasteiger partial charge in [-0.05, 0) is 43.2 Å². The molecule has 0 saturated heterocycles. The number of hydrogen-bond donors (Lipinski definition) is 1. The fourth-order valence-corrected chi connectivity index (χ4v) is 3.90. The predicted octanol–water partition coefficient (Wildman–Crippen LogP) is 4.44. The number of para-hydroxylation sites is 1. The molecule has 32 heavy (non-hydrogen) atoms. The maximum atomic E-state index is 12.9. The molecular formula is C24H23N3O4S. The van der Waals surface area contributed by atoms with Crippen LogP contribution in [0.1, 0.15) is 24.6 Å². The minimum absolute atomic E-state index is 0.105. The molecule has 0 saturated carbocycles. The summed E-state index contributed by atoms with van der Waals surface area (Å²) < 4.78 is 13.3. The van der Waals surface area contributed by atoms with E-state index in [9.17, 15) is 9.59 Å². The van der Waals surface area contributed by atoms with E-state index in [1.165, 1.54) is 21.8 Å². The van der Waals surface area contributed by atoms with Gasteiger partial charge < -0.3 is 14.8 Å². The third-order valence-electron chi connectivity index (χ3n) is 4.81. The number of aromatic nitrogens is 2. The van der Waals surface area contributed by atoms with Crippen LogP contribution in [0.25, 0.3) is 4.96 Å². The van der Waals surface area contributed by atoms with Crippen molar-refractivity contribution in [3.05, 3.63) is 87.8 Å². The van der Waals surface area contributed by atoms with Gasteiger partial charge >= 0.3 is 0 Å². The van der Waals surface area contributed by atoms with E-state index in [0.717, 1.165) is 5.56 Å². The van der Waals surface area contributed by atoms with E-state index >= 15 is 0 Å². The highest BCUT2D eigenvalue weighted by Crippen LogP contribution is 2.27. The van der Waals surface area contributed by atoms with Crippen LogP contribution in [0.2, 0.25) is 0 Å². The van der Waals surface area contributed by atoms with Crippen LogP contribution in [0, 0.1) is 6.92 Å². The molecule has 4 rings (SSSR count). The number of aryl methyl sites for hydroxylation is 1. The maximum Gasteiger partial charge on any atom is 0.265 e. The second kappa shape index (κ2) is 9.65. The zero-order valence-corrected chi connectivity index (χ0v) is 18.6. The summed E-state index contributed by atoms with van der Waals surface area (Å²) >= 11 is 1.38. The van der Waals surface area contributed by atoms with Crippen LogP contribution in [0.4, 0.5) is 5.69 Å². The number of thiazole rings is 1. The number of carbonyl (C=O) groups excluding carboxylic acids is 1. The monoisotopic (exact) mass is 449 g/mol. The first-order valence-electron chi connectivity index (χ1n) is 10.3. The van der Waals surface area contributed by atoms with Crippen LogP contribution in [-0.2, 0) is 11.4 Å². The normalized spacial score (nSPS) is 11.8. The lowest BCUT2D eigenvalue weighted by atomic mass is 10.2. The molecule has 2 aromatic carbocycles. The van der Waals surface area contributed by atoms with Crippen molar-refractivity contribution in [3.63, 3.8) is 0 Å². The van der Waals surface area contributed by atoms with Crippen LogP contribution in [0.15, 0.2) is 71.0 Å². The number of fused-ring (bicyclic) bond motifs is 1. The third-order valence-corrected chi connectivity index (χ3v) is 5.57. The van der Waals surface area contributed by atoms with E-state index in [2.05, 4.69) is 10.3 Å². The molecule has 4 aromatic rings. The Bertz CT molecular complexity index is 1280. The molecule has 0 spiro atoms. The average molecular weight is 450 g/mol. The Labute approximate surface area is 189 Å². The SMILES string of the molecule is CCC(Oc1ccccc1)C(=O)Nc1ccc(C)cc1OCc1cc(=O)n2ccsc2n1. The highest BCUT2D eigenvalue weighted by Gasteiger charge is 2.20. The Balaban J connectivity index is 1.49. The molecular weight excluding hydrogens is 426 g/mol. The zero-order valence-electron chi connectivity index (χ0n) is 17.8. The summed E-state index contributed by atoms with van der Waals surface area (Å²) in [5.41, 5.74) is 1.88. The van der Waals surface area contributed by atoms with E-state index in [-0.39, 0.29) is 18.1 Å². The second-order valence-corrected chi connectivity index (χ2v) is 8.12. The van der Waals surface area contributed by atoms with Crippen molar-refractivity contribution in [2.24, 2.45) is 0 Å². The molecule has 1 amide bonds. The summed E-state index contributed by atoms with van der Waals surface area (Å²) in [6.45, 7) is 3.94. The van der Waals surface area contributed by atoms with Crippen molar-refractivity contribution in [3.8, 4) is 11.5 Å². The van der Waals surface area contributed by atoms with Crippen LogP contribution < -0.4 is 20.3 Å². The Morgan fingerprint density at radius 2 is 2.00 bits per heavy atom. The quantitative estimate of drug-likeness (QED) is 0.430. The molecule has 0 aliphatic rings. The number of nitrogens with one attached hydrogen (secondary N) is 1. The van der Waals surface area contributed by atoms with E-state index in [1.54, 1.807) is 12.3 Å². The van der Waals surface area contributed by atoms with Gasteiger partial charge in [0.05, 0.1) is 11.4 Å². The summed E-state index contributed by atoms with van der Waals surface area (Å²) in [6.07, 6.45) is 1.56. The van der Waals surface area contributed by atoms with Crippen LogP contribution in [0.3, 0.4) is 0 Å². The van der Waals surface area contributed by atoms with Crippen molar-refractivity contribution in [2.75, 3.05) is 5.32 Å². The molecule has 2 heterocycles. The number of anilines is 1. The van der Waals surface area contributed by atoms with E-state index in [4.69, 9.17) is 9.47 Å². The summed E-state index contributed by atoms with van der Waals surface area (Å²) in [7, 11) is 0. The molecule has 0 aliphatic heterocycles. The Kier molecular flexibility index (Phi) is 6.51. The maximum absolute atomic E-state index is 12.9. The molecule has 0 bridgehead atoms. The number of carbonyl (C=O) groups is 1. The van der Waals surface area contributed by atoms with Gasteiger partial charge in [0.2, 0.25) is 0 Å². The van der Waals surface area contributed by atoms with Crippen molar-refractivity contribution < 1.29 is 14.3 Å². The van der Waals surface area contributed by atoms with E-state index < -0.39 is 6.10 Å². The first-order chi connectivity index (χ1) is 15.5. The smallest absolute Gasteiger partial charge is 0.265 e. The Hall–Kier alpha value is -3.65. The molecule has 0 aliphatic carbocycles. The molecule has 7 nitrogen and oxygen atoms in total. The summed E-state index contributed by atoms with van der Waals surface area (Å²) in [5, 5.41) is 4.72. The van der Waals surface area contributed by atoms with Gasteiger partial charge in [0.15, 0.2) is 11.1 Å². The average Bonchev–Trinajstić information content (AvgIpc) is 3.27. The Morgan fingerprint density at radius 1 is 1.19 bits per heavy atom. The van der Waals surface area contributed by atoms with Gasteiger partial charge in [-0.15, -0.1) is 11.3 Å². The molecule has 164 valence electrons. The first-order valence-corrected chi connectivity index (χ1v) is 11.1. The topological polar surface area (TPSA) is 81.9 Å². The molecule has 1 atom stereocenters. The fourth-order valence-electron chi connectivity index (χ4n) is 3.16. The number of rotatable bonds is 8. The summed E-state index contributed by atoms with van der Waals surface area (Å²) in [4.78, 5) is 30.1. The van der Waals surface area contributed by atoms with Crippen LogP contribution >= 0.6 is 11.3 Å². The van der Waals surface area contributed by atoms with Crippen LogP contribution in [0.5, 0.6) is 11.5 Å². The van der Waals surface area contributed by atoms with Gasteiger partial charge in [-0.2, -0.15) is 0 Å². The lowest BCUT2D eigenvalue weighted by molar-refractivity contribution is -0.122. The number of nitrogens with zero attached hydrogens (tertiary/aromatic N) is 2. The number of ether oxygens (including phenoxy) is 2. The third kappa shape index (κ3) is 4.97. The highest BCUT2D eigenvalue weighted by atomic mass is 32.1. The largest absolute Gasteiger partial charge is 0.485 e. The van der Waals surface area contributed by atoms with Gasteiger partial charge in [-0.1, -0.05) is 31.2 Å². The predicted molar refractivity (Wildman–Crippen MR) is 125 cm³/mol. The van der Waals surface area contributed by atoms with Gasteiger partial charge in [0, 0.05) is 17.6 Å². The summed E-state index contributed by atoms with van der Waals surface area (Å²) in [6, 6.07) is 16.2. The molecule has 1 unspecified atom stereocenters. The standard InChI is InChI=1S/C24H23N3O4S/c1-3-20(31-18-7-5-4-6-8-18)23(29)26-19-10-9-16(2)13-21(19)30-15-17-14-22(28)27-11-12-32-24(27)25-17/h4-14,20H,3,15H2,1-2H3,(H,26,29). The lowest BCUT2D eigenvalue weighted by Crippen LogP contribution is -2.32. The zero-order chi connectivity index (χ0) is 22.5. The minimum atomic E-state index is -0.644. The van der Waals surface area contributed by atoms with E-state index in [0.29, 0.717) is 34.3 Å². The Morgan fingerprint density at radius 3 is 2.78 bits per heavy atom. The minimum Gasteiger partial charge on any atom is -0.485 e. The lowest BCUT2D eigenvalue weighted by Gasteiger charge is -2.19. The fraction of sp³-hybridized carbons (Fsp3) is 0.208. The highest BCUT2D eigenvalue weighted by molar-refractivity contribution is 7.15. The first kappa shape index (κ1) is 21.6. The molecule has 8 heteroatoms. The second-order valence-electron chi connectivity index (χ2n) is 7.25. The van der Waals surface area contributed by atoms with Gasteiger partial charge in [-0.3, -0.25) is 14.0 Å². The number of hydrogen-bond acceptors (Lipinski definition) is 6. The van der Waals surface area contributed by atoms with Crippen molar-refractivity contribution in [1.29, 1.82) is 0 Å². The van der Waals surface area contributed by atoms with Crippen molar-refractivity contribution in [2.45, 2.75) is 33.0 Å². The van der Waals surface area contributed by atoms with Gasteiger partial charge in [-0.25, -0.2) is 4.98 Å². The summed E-state index contributed by atoms with van der Waals surface area (Å²) in [5.74, 6) is 0.874.